The van der Waals surface area contributed by atoms with E-state index in [1.807, 2.05) is 0 Å². The first-order chi connectivity index (χ1) is 10.6. The number of hydrogen-bond acceptors (Lipinski definition) is 4. The Bertz CT molecular complexity index is 497. The van der Waals surface area contributed by atoms with Crippen molar-refractivity contribution in [2.75, 3.05) is 26.8 Å². The fraction of sp³-hybridized carbons (Fsp3) is 0.588. The monoisotopic (exact) mass is 306 g/mol. The minimum absolute atomic E-state index is 0.0672. The molecule has 1 amide bonds. The molecule has 1 unspecified atom stereocenters. The van der Waals surface area contributed by atoms with Crippen LogP contribution < -0.4 is 20.1 Å². The SMILES string of the molecule is COc1cc(C(=O)NC2CCCNC2)ccc1OCC(C)C. The lowest BCUT2D eigenvalue weighted by Crippen LogP contribution is -2.45. The van der Waals surface area contributed by atoms with E-state index < -0.39 is 0 Å². The zero-order valence-electron chi connectivity index (χ0n) is 13.6. The Morgan fingerprint density at radius 3 is 2.86 bits per heavy atom. The molecule has 5 nitrogen and oxygen atoms in total. The van der Waals surface area contributed by atoms with Gasteiger partial charge in [-0.05, 0) is 43.5 Å². The van der Waals surface area contributed by atoms with Crippen LogP contribution in [0.3, 0.4) is 0 Å². The van der Waals surface area contributed by atoms with Gasteiger partial charge in [0.05, 0.1) is 13.7 Å². The first kappa shape index (κ1) is 16.6. The number of methoxy groups -OCH3 is 1. The summed E-state index contributed by atoms with van der Waals surface area (Å²) < 4.78 is 11.0. The van der Waals surface area contributed by atoms with Crippen molar-refractivity contribution in [3.05, 3.63) is 23.8 Å². The second-order valence-electron chi connectivity index (χ2n) is 6.09. The van der Waals surface area contributed by atoms with E-state index in [9.17, 15) is 4.79 Å². The van der Waals surface area contributed by atoms with Crippen LogP contribution in [0.2, 0.25) is 0 Å². The van der Waals surface area contributed by atoms with Crippen molar-refractivity contribution in [1.82, 2.24) is 10.6 Å². The summed E-state index contributed by atoms with van der Waals surface area (Å²) in [5.74, 6) is 1.64. The van der Waals surface area contributed by atoms with Gasteiger partial charge in [0, 0.05) is 18.2 Å². The first-order valence-corrected chi connectivity index (χ1v) is 7.92. The predicted octanol–water partition coefficient (Wildman–Crippen LogP) is 2.21. The second kappa shape index (κ2) is 8.03. The van der Waals surface area contributed by atoms with E-state index in [4.69, 9.17) is 9.47 Å². The zero-order valence-corrected chi connectivity index (χ0v) is 13.6. The van der Waals surface area contributed by atoms with Gasteiger partial charge in [-0.1, -0.05) is 13.8 Å². The van der Waals surface area contributed by atoms with Gasteiger partial charge in [-0.15, -0.1) is 0 Å². The molecule has 22 heavy (non-hydrogen) atoms. The third-order valence-electron chi connectivity index (χ3n) is 3.63. The maximum absolute atomic E-state index is 12.3. The Labute approximate surface area is 132 Å². The molecule has 1 aliphatic heterocycles. The molecule has 122 valence electrons. The number of hydrogen-bond donors (Lipinski definition) is 2. The first-order valence-electron chi connectivity index (χ1n) is 7.92. The van der Waals surface area contributed by atoms with Crippen molar-refractivity contribution in [2.45, 2.75) is 32.7 Å². The summed E-state index contributed by atoms with van der Waals surface area (Å²) in [6.45, 7) is 6.66. The minimum atomic E-state index is -0.0672. The molecule has 0 aromatic heterocycles. The lowest BCUT2D eigenvalue weighted by atomic mass is 10.1. The minimum Gasteiger partial charge on any atom is -0.493 e. The average molecular weight is 306 g/mol. The van der Waals surface area contributed by atoms with Crippen LogP contribution in [0.1, 0.15) is 37.0 Å². The van der Waals surface area contributed by atoms with Crippen LogP contribution in [0.25, 0.3) is 0 Å². The molecule has 0 aliphatic carbocycles. The smallest absolute Gasteiger partial charge is 0.251 e. The fourth-order valence-electron chi connectivity index (χ4n) is 2.43. The van der Waals surface area contributed by atoms with Gasteiger partial charge in [-0.3, -0.25) is 4.79 Å². The maximum atomic E-state index is 12.3. The Kier molecular flexibility index (Phi) is 6.07. The van der Waals surface area contributed by atoms with Crippen molar-refractivity contribution in [3.63, 3.8) is 0 Å². The number of rotatable bonds is 6. The number of amides is 1. The molecule has 0 saturated carbocycles. The van der Waals surface area contributed by atoms with E-state index in [-0.39, 0.29) is 11.9 Å². The van der Waals surface area contributed by atoms with Crippen LogP contribution in [-0.2, 0) is 0 Å². The predicted molar refractivity (Wildman–Crippen MR) is 86.7 cm³/mol. The Hall–Kier alpha value is -1.75. The second-order valence-corrected chi connectivity index (χ2v) is 6.09. The summed E-state index contributed by atoms with van der Waals surface area (Å²) in [7, 11) is 1.59. The third kappa shape index (κ3) is 4.63. The molecule has 1 aliphatic rings. The maximum Gasteiger partial charge on any atom is 0.251 e. The number of nitrogens with one attached hydrogen (secondary N) is 2. The molecule has 0 bridgehead atoms. The van der Waals surface area contributed by atoms with Gasteiger partial charge in [0.15, 0.2) is 11.5 Å². The highest BCUT2D eigenvalue weighted by Crippen LogP contribution is 2.28. The third-order valence-corrected chi connectivity index (χ3v) is 3.63. The summed E-state index contributed by atoms with van der Waals surface area (Å²) in [6, 6.07) is 5.52. The molecule has 0 radical (unpaired) electrons. The fourth-order valence-corrected chi connectivity index (χ4v) is 2.43. The van der Waals surface area contributed by atoms with Gasteiger partial charge in [-0.2, -0.15) is 0 Å². The molecule has 1 atom stereocenters. The molecule has 1 heterocycles. The number of piperidine rings is 1. The zero-order chi connectivity index (χ0) is 15.9. The molecule has 2 N–H and O–H groups in total. The highest BCUT2D eigenvalue weighted by atomic mass is 16.5. The number of carbonyl (C=O) groups excluding carboxylic acids is 1. The van der Waals surface area contributed by atoms with Gasteiger partial charge < -0.3 is 20.1 Å². The lowest BCUT2D eigenvalue weighted by molar-refractivity contribution is 0.0930. The van der Waals surface area contributed by atoms with Gasteiger partial charge >= 0.3 is 0 Å². The van der Waals surface area contributed by atoms with Crippen LogP contribution in [0.5, 0.6) is 11.5 Å². The molecule has 1 saturated heterocycles. The Morgan fingerprint density at radius 2 is 2.23 bits per heavy atom. The summed E-state index contributed by atoms with van der Waals surface area (Å²) in [6.07, 6.45) is 2.11. The lowest BCUT2D eigenvalue weighted by Gasteiger charge is -2.24. The average Bonchev–Trinajstić information content (AvgIpc) is 2.53. The highest BCUT2D eigenvalue weighted by Gasteiger charge is 2.17. The van der Waals surface area contributed by atoms with Crippen LogP contribution in [0, 0.1) is 5.92 Å². The molecule has 1 aromatic rings. The van der Waals surface area contributed by atoms with Crippen LogP contribution in [0.15, 0.2) is 18.2 Å². The Balaban J connectivity index is 2.02. The summed E-state index contributed by atoms with van der Waals surface area (Å²) in [4.78, 5) is 12.3. The van der Waals surface area contributed by atoms with E-state index in [2.05, 4.69) is 24.5 Å². The molecule has 5 heteroatoms. The number of ether oxygens (including phenoxy) is 2. The van der Waals surface area contributed by atoms with E-state index in [0.29, 0.717) is 29.6 Å². The van der Waals surface area contributed by atoms with Crippen LogP contribution >= 0.6 is 0 Å². The summed E-state index contributed by atoms with van der Waals surface area (Å²) >= 11 is 0. The van der Waals surface area contributed by atoms with Crippen molar-refractivity contribution < 1.29 is 14.3 Å². The van der Waals surface area contributed by atoms with Gasteiger partial charge in [0.2, 0.25) is 0 Å². The molecule has 1 aromatic carbocycles. The number of carbonyl (C=O) groups is 1. The Morgan fingerprint density at radius 1 is 1.41 bits per heavy atom. The molecular formula is C17H26N2O3. The van der Waals surface area contributed by atoms with Crippen LogP contribution in [0.4, 0.5) is 0 Å². The standard InChI is InChI=1S/C17H26N2O3/c1-12(2)11-22-15-7-6-13(9-16(15)21-3)17(20)19-14-5-4-8-18-10-14/h6-7,9,12,14,18H,4-5,8,10-11H2,1-3H3,(H,19,20). The van der Waals surface area contributed by atoms with Crippen molar-refractivity contribution in [1.29, 1.82) is 0 Å². The molecule has 2 rings (SSSR count). The molecule has 0 spiro atoms. The topological polar surface area (TPSA) is 59.6 Å². The number of benzene rings is 1. The van der Waals surface area contributed by atoms with Crippen LogP contribution in [-0.4, -0.2) is 38.8 Å². The highest BCUT2D eigenvalue weighted by molar-refractivity contribution is 5.95. The van der Waals surface area contributed by atoms with Gasteiger partial charge in [0.1, 0.15) is 0 Å². The van der Waals surface area contributed by atoms with Crippen molar-refractivity contribution in [3.8, 4) is 11.5 Å². The van der Waals surface area contributed by atoms with E-state index >= 15 is 0 Å². The van der Waals surface area contributed by atoms with Crippen molar-refractivity contribution in [2.24, 2.45) is 5.92 Å². The molecule has 1 fully saturated rings. The van der Waals surface area contributed by atoms with E-state index in [0.717, 1.165) is 25.9 Å². The van der Waals surface area contributed by atoms with E-state index in [1.165, 1.54) is 0 Å². The van der Waals surface area contributed by atoms with E-state index in [1.54, 1.807) is 25.3 Å². The largest absolute Gasteiger partial charge is 0.493 e. The van der Waals surface area contributed by atoms with Gasteiger partial charge in [0.25, 0.3) is 5.91 Å². The quantitative estimate of drug-likeness (QED) is 0.846. The summed E-state index contributed by atoms with van der Waals surface area (Å²) in [5, 5.41) is 6.35. The van der Waals surface area contributed by atoms with Gasteiger partial charge in [-0.25, -0.2) is 0 Å². The van der Waals surface area contributed by atoms with Crippen molar-refractivity contribution >= 4 is 5.91 Å². The molecular weight excluding hydrogens is 280 g/mol. The normalized spacial score (nSPS) is 18.1. The summed E-state index contributed by atoms with van der Waals surface area (Å²) in [5.41, 5.74) is 0.597.